The maximum absolute atomic E-state index is 13.4. The van der Waals surface area contributed by atoms with Crippen LogP contribution in [0.25, 0.3) is 0 Å². The molecule has 0 spiro atoms. The predicted molar refractivity (Wildman–Crippen MR) is 105 cm³/mol. The van der Waals surface area contributed by atoms with Gasteiger partial charge in [-0.2, -0.15) is 0 Å². The molecule has 3 nitrogen and oxygen atoms in total. The van der Waals surface area contributed by atoms with E-state index in [9.17, 15) is 8.78 Å². The summed E-state index contributed by atoms with van der Waals surface area (Å²) in [6.45, 7) is 8.12. The van der Waals surface area contributed by atoms with Crippen LogP contribution in [0.15, 0.2) is 23.1 Å². The van der Waals surface area contributed by atoms with Gasteiger partial charge in [0.15, 0.2) is 0 Å². The second-order valence-corrected chi connectivity index (χ2v) is 9.20. The number of hydrogen-bond acceptors (Lipinski definition) is 4. The van der Waals surface area contributed by atoms with Gasteiger partial charge in [0.25, 0.3) is 0 Å². The number of thioether (sulfide) groups is 1. The molecule has 1 N–H and O–H groups in total. The molecule has 1 aromatic carbocycles. The quantitative estimate of drug-likeness (QED) is 0.603. The minimum atomic E-state index is -2.52. The molecule has 0 bridgehead atoms. The van der Waals surface area contributed by atoms with Crippen LogP contribution in [0.5, 0.6) is 0 Å². The van der Waals surface area contributed by atoms with Gasteiger partial charge < -0.3 is 14.6 Å². The molecule has 0 aromatic heterocycles. The van der Waals surface area contributed by atoms with Crippen molar-refractivity contribution in [2.24, 2.45) is 0 Å². The smallest absolute Gasteiger partial charge is 0.399 e. The monoisotopic (exact) mass is 383 g/mol. The molecular formula is C19H28BF2NO2S. The van der Waals surface area contributed by atoms with E-state index in [2.05, 4.69) is 11.4 Å². The fourth-order valence-electron chi connectivity index (χ4n) is 3.37. The van der Waals surface area contributed by atoms with E-state index in [4.69, 9.17) is 9.31 Å². The Bertz CT molecular complexity index is 643. The zero-order chi connectivity index (χ0) is 19.2. The van der Waals surface area contributed by atoms with Crippen LogP contribution in [0.4, 0.5) is 14.5 Å². The van der Waals surface area contributed by atoms with Gasteiger partial charge in [-0.3, -0.25) is 0 Å². The third kappa shape index (κ3) is 4.05. The van der Waals surface area contributed by atoms with Gasteiger partial charge in [-0.15, -0.1) is 11.8 Å². The Balaban J connectivity index is 1.83. The third-order valence-corrected chi connectivity index (χ3v) is 6.57. The molecule has 144 valence electrons. The molecule has 0 atom stereocenters. The standard InChI is InChI=1S/C19H28BF2NO2S/c1-17(2)18(3,4)25-20(24-17)15-12-14(26-5)6-7-16(15)23-13-8-10-19(21,22)11-9-13/h6-7,12-13,23H,8-11H2,1-5H3. The number of halogens is 2. The lowest BCUT2D eigenvalue weighted by Gasteiger charge is -2.32. The van der Waals surface area contributed by atoms with E-state index >= 15 is 0 Å². The Kier molecular flexibility index (Phi) is 5.37. The first-order chi connectivity index (χ1) is 12.0. The fraction of sp³-hybridized carbons (Fsp3) is 0.684. The number of alkyl halides is 2. The van der Waals surface area contributed by atoms with Crippen molar-refractivity contribution < 1.29 is 18.1 Å². The first-order valence-electron chi connectivity index (χ1n) is 9.21. The maximum Gasteiger partial charge on any atom is 0.497 e. The van der Waals surface area contributed by atoms with Gasteiger partial charge in [-0.25, -0.2) is 8.78 Å². The van der Waals surface area contributed by atoms with Gasteiger partial charge in [0, 0.05) is 34.9 Å². The molecule has 26 heavy (non-hydrogen) atoms. The van der Waals surface area contributed by atoms with Crippen LogP contribution in [0, 0.1) is 0 Å². The van der Waals surface area contributed by atoms with E-state index in [0.717, 1.165) is 16.0 Å². The Labute approximate surface area is 159 Å². The van der Waals surface area contributed by atoms with Crippen LogP contribution in [-0.2, 0) is 9.31 Å². The molecule has 1 saturated heterocycles. The molecule has 3 rings (SSSR count). The average molecular weight is 383 g/mol. The molecule has 0 unspecified atom stereocenters. The lowest BCUT2D eigenvalue weighted by Crippen LogP contribution is -2.41. The highest BCUT2D eigenvalue weighted by molar-refractivity contribution is 7.98. The highest BCUT2D eigenvalue weighted by Crippen LogP contribution is 2.38. The van der Waals surface area contributed by atoms with Crippen LogP contribution < -0.4 is 10.8 Å². The third-order valence-electron chi connectivity index (χ3n) is 5.84. The van der Waals surface area contributed by atoms with Crippen molar-refractivity contribution in [2.75, 3.05) is 11.6 Å². The molecular weight excluding hydrogens is 355 g/mol. The molecule has 0 amide bonds. The highest BCUT2D eigenvalue weighted by Gasteiger charge is 2.52. The summed E-state index contributed by atoms with van der Waals surface area (Å²) in [4.78, 5) is 1.12. The average Bonchev–Trinajstić information content (AvgIpc) is 2.77. The Morgan fingerprint density at radius 3 is 2.19 bits per heavy atom. The summed E-state index contributed by atoms with van der Waals surface area (Å²) in [6.07, 6.45) is 2.86. The highest BCUT2D eigenvalue weighted by atomic mass is 32.2. The Morgan fingerprint density at radius 2 is 1.65 bits per heavy atom. The second kappa shape index (κ2) is 6.99. The predicted octanol–water partition coefficient (Wildman–Crippen LogP) is 4.70. The number of nitrogens with one attached hydrogen (secondary N) is 1. The lowest BCUT2D eigenvalue weighted by atomic mass is 9.77. The molecule has 7 heteroatoms. The van der Waals surface area contributed by atoms with Gasteiger partial charge in [0.2, 0.25) is 5.92 Å². The van der Waals surface area contributed by atoms with Crippen LogP contribution in [0.3, 0.4) is 0 Å². The topological polar surface area (TPSA) is 30.5 Å². The zero-order valence-corrected chi connectivity index (χ0v) is 17.0. The van der Waals surface area contributed by atoms with Gasteiger partial charge in [0.05, 0.1) is 11.2 Å². The molecule has 1 aromatic rings. The van der Waals surface area contributed by atoms with Crippen molar-refractivity contribution in [3.8, 4) is 0 Å². The first kappa shape index (κ1) is 20.0. The van der Waals surface area contributed by atoms with Gasteiger partial charge in [-0.1, -0.05) is 0 Å². The van der Waals surface area contributed by atoms with Gasteiger partial charge in [0.1, 0.15) is 0 Å². The molecule has 1 heterocycles. The number of rotatable bonds is 4. The number of hydrogen-bond donors (Lipinski definition) is 1. The van der Waals surface area contributed by atoms with E-state index < -0.39 is 24.2 Å². The first-order valence-corrected chi connectivity index (χ1v) is 10.4. The molecule has 2 aliphatic rings. The largest absolute Gasteiger partial charge is 0.497 e. The summed E-state index contributed by atoms with van der Waals surface area (Å²) in [5.41, 5.74) is 1.01. The van der Waals surface area contributed by atoms with Crippen molar-refractivity contribution in [3.63, 3.8) is 0 Å². The molecule has 0 radical (unpaired) electrons. The van der Waals surface area contributed by atoms with E-state index in [-0.39, 0.29) is 18.9 Å². The summed E-state index contributed by atoms with van der Waals surface area (Å²) < 4.78 is 39.3. The van der Waals surface area contributed by atoms with E-state index in [1.54, 1.807) is 11.8 Å². The van der Waals surface area contributed by atoms with Crippen molar-refractivity contribution in [3.05, 3.63) is 18.2 Å². The van der Waals surface area contributed by atoms with Crippen molar-refractivity contribution >= 4 is 30.0 Å². The summed E-state index contributed by atoms with van der Waals surface area (Å²) in [5.74, 6) is -2.52. The van der Waals surface area contributed by atoms with E-state index in [1.807, 2.05) is 46.1 Å². The Hall–Kier alpha value is -0.785. The van der Waals surface area contributed by atoms with Crippen LogP contribution in [0.2, 0.25) is 0 Å². The van der Waals surface area contributed by atoms with E-state index in [1.165, 1.54) is 0 Å². The maximum atomic E-state index is 13.4. The molecule has 1 aliphatic carbocycles. The zero-order valence-electron chi connectivity index (χ0n) is 16.2. The van der Waals surface area contributed by atoms with Gasteiger partial charge in [-0.05, 0) is 65.0 Å². The lowest BCUT2D eigenvalue weighted by molar-refractivity contribution is -0.0360. The number of anilines is 1. The second-order valence-electron chi connectivity index (χ2n) is 8.32. The van der Waals surface area contributed by atoms with Crippen molar-refractivity contribution in [1.82, 2.24) is 0 Å². The van der Waals surface area contributed by atoms with Gasteiger partial charge >= 0.3 is 7.12 Å². The minimum Gasteiger partial charge on any atom is -0.399 e. The SMILES string of the molecule is CSc1ccc(NC2CCC(F)(F)CC2)c(B2OC(C)(C)C(C)(C)O2)c1. The van der Waals surface area contributed by atoms with Crippen molar-refractivity contribution in [1.29, 1.82) is 0 Å². The Morgan fingerprint density at radius 1 is 1.08 bits per heavy atom. The minimum absolute atomic E-state index is 0.0518. The normalized spacial score (nSPS) is 24.7. The molecule has 2 fully saturated rings. The summed E-state index contributed by atoms with van der Waals surface area (Å²) >= 11 is 1.66. The van der Waals surface area contributed by atoms with Crippen LogP contribution in [0.1, 0.15) is 53.4 Å². The number of benzene rings is 1. The molecule has 1 aliphatic heterocycles. The van der Waals surface area contributed by atoms with Crippen LogP contribution >= 0.6 is 11.8 Å². The fourth-order valence-corrected chi connectivity index (χ4v) is 3.82. The summed E-state index contributed by atoms with van der Waals surface area (Å²) in [7, 11) is -0.473. The molecule has 1 saturated carbocycles. The van der Waals surface area contributed by atoms with Crippen LogP contribution in [-0.4, -0.2) is 36.5 Å². The van der Waals surface area contributed by atoms with Crippen molar-refractivity contribution in [2.45, 2.75) is 81.4 Å². The summed E-state index contributed by atoms with van der Waals surface area (Å²) in [6, 6.07) is 6.18. The summed E-state index contributed by atoms with van der Waals surface area (Å²) in [5, 5.41) is 3.47. The van der Waals surface area contributed by atoms with E-state index in [0.29, 0.717) is 12.8 Å².